The maximum absolute atomic E-state index is 12.6. The summed E-state index contributed by atoms with van der Waals surface area (Å²) in [6, 6.07) is 15.9. The Hall–Kier alpha value is -2.62. The van der Waals surface area contributed by atoms with Gasteiger partial charge in [-0.15, -0.1) is 0 Å². The van der Waals surface area contributed by atoms with Gasteiger partial charge in [0.15, 0.2) is 0 Å². The van der Waals surface area contributed by atoms with E-state index in [1.165, 1.54) is 14.2 Å². The number of hydrogen-bond acceptors (Lipinski definition) is 4. The molecular formula is C21H22O4. The summed E-state index contributed by atoms with van der Waals surface area (Å²) in [5, 5.41) is 0. The van der Waals surface area contributed by atoms with Crippen LogP contribution in [0.4, 0.5) is 0 Å². The first kappa shape index (κ1) is 17.2. The molecule has 1 aliphatic rings. The highest BCUT2D eigenvalue weighted by molar-refractivity contribution is 5.90. The lowest BCUT2D eigenvalue weighted by atomic mass is 9.61. The smallest absolute Gasteiger partial charge is 0.309 e. The van der Waals surface area contributed by atoms with Gasteiger partial charge in [0.1, 0.15) is 0 Å². The van der Waals surface area contributed by atoms with Gasteiger partial charge in [-0.05, 0) is 22.3 Å². The van der Waals surface area contributed by atoms with E-state index in [0.717, 1.165) is 22.3 Å². The molecule has 4 heteroatoms. The third-order valence-electron chi connectivity index (χ3n) is 5.51. The number of fused-ring (bicyclic) bond motifs is 3. The third-order valence-corrected chi connectivity index (χ3v) is 5.51. The molecule has 0 amide bonds. The first-order chi connectivity index (χ1) is 12.0. The summed E-state index contributed by atoms with van der Waals surface area (Å²) in [7, 11) is 2.75. The average molecular weight is 338 g/mol. The molecule has 0 aliphatic heterocycles. The van der Waals surface area contributed by atoms with Gasteiger partial charge in [0, 0.05) is 5.41 Å². The Kier molecular flexibility index (Phi) is 4.38. The van der Waals surface area contributed by atoms with Crippen molar-refractivity contribution < 1.29 is 19.1 Å². The number of hydrogen-bond donors (Lipinski definition) is 0. The van der Waals surface area contributed by atoms with E-state index in [-0.39, 0.29) is 11.9 Å². The van der Waals surface area contributed by atoms with Crippen molar-refractivity contribution >= 4 is 11.9 Å². The second kappa shape index (κ2) is 6.36. The minimum absolute atomic E-state index is 0.345. The van der Waals surface area contributed by atoms with Crippen LogP contribution in [0.2, 0.25) is 0 Å². The zero-order chi connectivity index (χ0) is 18.2. The normalized spacial score (nSPS) is 16.3. The molecule has 2 unspecified atom stereocenters. The molecule has 0 N–H and O–H groups in total. The molecule has 0 bridgehead atoms. The van der Waals surface area contributed by atoms with Gasteiger partial charge in [-0.1, -0.05) is 62.4 Å². The maximum atomic E-state index is 12.6. The molecule has 2 aromatic rings. The standard InChI is InChI=1S/C21H22O4/c1-13(19(22)24-3)21(14(2)20(23)25-4)17-11-7-5-9-15(17)16-10-6-8-12-18(16)21/h5-14H,1-4H3. The summed E-state index contributed by atoms with van der Waals surface area (Å²) in [6.45, 7) is 3.65. The van der Waals surface area contributed by atoms with Crippen molar-refractivity contribution in [1.82, 2.24) is 0 Å². The van der Waals surface area contributed by atoms with Crippen LogP contribution in [0, 0.1) is 11.8 Å². The highest BCUT2D eigenvalue weighted by Crippen LogP contribution is 2.56. The van der Waals surface area contributed by atoms with Crippen LogP contribution in [-0.2, 0) is 24.5 Å². The molecule has 0 fully saturated rings. The van der Waals surface area contributed by atoms with Gasteiger partial charge in [0.05, 0.1) is 26.1 Å². The molecule has 2 atom stereocenters. The fourth-order valence-electron chi connectivity index (χ4n) is 4.34. The molecule has 1 aliphatic carbocycles. The molecule has 0 radical (unpaired) electrons. The molecule has 2 aromatic carbocycles. The largest absolute Gasteiger partial charge is 0.469 e. The molecule has 25 heavy (non-hydrogen) atoms. The molecule has 0 heterocycles. The van der Waals surface area contributed by atoms with E-state index < -0.39 is 17.3 Å². The highest BCUT2D eigenvalue weighted by Gasteiger charge is 2.55. The van der Waals surface area contributed by atoms with Crippen LogP contribution in [0.15, 0.2) is 48.5 Å². The van der Waals surface area contributed by atoms with Crippen LogP contribution in [0.5, 0.6) is 0 Å². The van der Waals surface area contributed by atoms with Crippen LogP contribution in [0.3, 0.4) is 0 Å². The van der Waals surface area contributed by atoms with Crippen LogP contribution in [-0.4, -0.2) is 26.2 Å². The number of benzene rings is 2. The van der Waals surface area contributed by atoms with Crippen molar-refractivity contribution in [3.05, 3.63) is 59.7 Å². The van der Waals surface area contributed by atoms with Crippen molar-refractivity contribution in [1.29, 1.82) is 0 Å². The first-order valence-electron chi connectivity index (χ1n) is 8.35. The quantitative estimate of drug-likeness (QED) is 0.800. The van der Waals surface area contributed by atoms with Crippen molar-refractivity contribution in [3.8, 4) is 11.1 Å². The van der Waals surface area contributed by atoms with Crippen molar-refractivity contribution in [3.63, 3.8) is 0 Å². The Morgan fingerprint density at radius 3 is 1.48 bits per heavy atom. The molecule has 0 aromatic heterocycles. The lowest BCUT2D eigenvalue weighted by molar-refractivity contribution is -0.152. The third kappa shape index (κ3) is 2.28. The van der Waals surface area contributed by atoms with Gasteiger partial charge < -0.3 is 9.47 Å². The van der Waals surface area contributed by atoms with E-state index in [1.807, 2.05) is 62.4 Å². The lowest BCUT2D eigenvalue weighted by Gasteiger charge is -2.40. The van der Waals surface area contributed by atoms with Crippen LogP contribution in [0.1, 0.15) is 25.0 Å². The Bertz CT molecular complexity index is 755. The van der Waals surface area contributed by atoms with E-state index in [9.17, 15) is 9.59 Å². The fourth-order valence-corrected chi connectivity index (χ4v) is 4.34. The van der Waals surface area contributed by atoms with E-state index in [1.54, 1.807) is 0 Å². The van der Waals surface area contributed by atoms with Crippen LogP contribution >= 0.6 is 0 Å². The summed E-state index contributed by atoms with van der Waals surface area (Å²) in [5.41, 5.74) is 3.20. The average Bonchev–Trinajstić information content (AvgIpc) is 2.97. The van der Waals surface area contributed by atoms with E-state index in [0.29, 0.717) is 0 Å². The number of rotatable bonds is 4. The minimum atomic E-state index is -0.826. The molecule has 0 saturated carbocycles. The van der Waals surface area contributed by atoms with E-state index >= 15 is 0 Å². The van der Waals surface area contributed by atoms with E-state index in [2.05, 4.69) is 0 Å². The zero-order valence-corrected chi connectivity index (χ0v) is 14.9. The monoisotopic (exact) mass is 338 g/mol. The summed E-state index contributed by atoms with van der Waals surface area (Å²) in [4.78, 5) is 25.1. The summed E-state index contributed by atoms with van der Waals surface area (Å²) < 4.78 is 10.1. The fraction of sp³-hybridized carbons (Fsp3) is 0.333. The topological polar surface area (TPSA) is 52.6 Å². The molecule has 0 saturated heterocycles. The predicted octanol–water partition coefficient (Wildman–Crippen LogP) is 3.57. The van der Waals surface area contributed by atoms with Gasteiger partial charge in [0.2, 0.25) is 0 Å². The lowest BCUT2D eigenvalue weighted by Crippen LogP contribution is -2.47. The first-order valence-corrected chi connectivity index (χ1v) is 8.35. The minimum Gasteiger partial charge on any atom is -0.469 e. The number of esters is 2. The maximum Gasteiger partial charge on any atom is 0.309 e. The van der Waals surface area contributed by atoms with Gasteiger partial charge in [-0.25, -0.2) is 0 Å². The number of carbonyl (C=O) groups excluding carboxylic acids is 2. The second-order valence-corrected chi connectivity index (χ2v) is 6.45. The number of methoxy groups -OCH3 is 2. The Balaban J connectivity index is 2.38. The van der Waals surface area contributed by atoms with Gasteiger partial charge >= 0.3 is 11.9 Å². The molecule has 130 valence electrons. The molecule has 0 spiro atoms. The SMILES string of the molecule is COC(=O)C(C)C1(C(C)C(=O)OC)c2ccccc2-c2ccccc21. The van der Waals surface area contributed by atoms with Crippen LogP contribution in [0.25, 0.3) is 11.1 Å². The Labute approximate surface area is 147 Å². The highest BCUT2D eigenvalue weighted by atomic mass is 16.5. The molecular weight excluding hydrogens is 316 g/mol. The van der Waals surface area contributed by atoms with Gasteiger partial charge in [0.25, 0.3) is 0 Å². The van der Waals surface area contributed by atoms with Crippen molar-refractivity contribution in [2.75, 3.05) is 14.2 Å². The van der Waals surface area contributed by atoms with Crippen LogP contribution < -0.4 is 0 Å². The summed E-state index contributed by atoms with van der Waals surface area (Å²) in [6.07, 6.45) is 0. The Morgan fingerprint density at radius 1 is 0.760 bits per heavy atom. The second-order valence-electron chi connectivity index (χ2n) is 6.45. The number of ether oxygens (including phenoxy) is 2. The molecule has 3 rings (SSSR count). The van der Waals surface area contributed by atoms with Gasteiger partial charge in [-0.3, -0.25) is 9.59 Å². The zero-order valence-electron chi connectivity index (χ0n) is 14.9. The van der Waals surface area contributed by atoms with Crippen molar-refractivity contribution in [2.45, 2.75) is 19.3 Å². The Morgan fingerprint density at radius 2 is 1.12 bits per heavy atom. The van der Waals surface area contributed by atoms with Gasteiger partial charge in [-0.2, -0.15) is 0 Å². The van der Waals surface area contributed by atoms with Crippen molar-refractivity contribution in [2.24, 2.45) is 11.8 Å². The summed E-state index contributed by atoms with van der Waals surface area (Å²) >= 11 is 0. The molecule has 4 nitrogen and oxygen atoms in total. The predicted molar refractivity (Wildman–Crippen MR) is 95.0 cm³/mol. The summed E-state index contributed by atoms with van der Waals surface area (Å²) in [5.74, 6) is -1.78. The number of carbonyl (C=O) groups is 2. The van der Waals surface area contributed by atoms with E-state index in [4.69, 9.17) is 9.47 Å².